The van der Waals surface area contributed by atoms with Gasteiger partial charge in [-0.15, -0.1) is 0 Å². The van der Waals surface area contributed by atoms with Gasteiger partial charge in [0.2, 0.25) is 0 Å². The Labute approximate surface area is 126 Å². The molecule has 2 heterocycles. The van der Waals surface area contributed by atoms with Crippen LogP contribution < -0.4 is 11.3 Å². The standard InChI is InChI=1S/C16H15FN4O/c1-10-3-2-4-13-15(10)16(22)21(14(20-13)5-6-18)12-7-11(17)8-19-9-12/h2-4,7-9H,5-6,18H2,1H3. The van der Waals surface area contributed by atoms with Crippen LogP contribution in [0.5, 0.6) is 0 Å². The van der Waals surface area contributed by atoms with E-state index in [-0.39, 0.29) is 5.56 Å². The lowest BCUT2D eigenvalue weighted by atomic mass is 10.1. The van der Waals surface area contributed by atoms with Gasteiger partial charge >= 0.3 is 0 Å². The Morgan fingerprint density at radius 3 is 2.86 bits per heavy atom. The molecule has 1 aromatic carbocycles. The van der Waals surface area contributed by atoms with Gasteiger partial charge in [0.1, 0.15) is 11.6 Å². The van der Waals surface area contributed by atoms with Crippen LogP contribution in [0.1, 0.15) is 11.4 Å². The fourth-order valence-electron chi connectivity index (χ4n) is 2.53. The first-order valence-corrected chi connectivity index (χ1v) is 6.94. The topological polar surface area (TPSA) is 73.8 Å². The lowest BCUT2D eigenvalue weighted by molar-refractivity contribution is 0.618. The van der Waals surface area contributed by atoms with Crippen LogP contribution in [-0.4, -0.2) is 21.1 Å². The van der Waals surface area contributed by atoms with Crippen molar-refractivity contribution in [2.45, 2.75) is 13.3 Å². The zero-order valence-corrected chi connectivity index (χ0v) is 12.1. The molecule has 0 saturated heterocycles. The second-order valence-electron chi connectivity index (χ2n) is 5.04. The molecule has 0 unspecified atom stereocenters. The van der Waals surface area contributed by atoms with Crippen LogP contribution in [0.4, 0.5) is 4.39 Å². The van der Waals surface area contributed by atoms with E-state index < -0.39 is 5.82 Å². The fraction of sp³-hybridized carbons (Fsp3) is 0.188. The van der Waals surface area contributed by atoms with E-state index in [0.717, 1.165) is 11.8 Å². The van der Waals surface area contributed by atoms with E-state index in [0.29, 0.717) is 35.4 Å². The summed E-state index contributed by atoms with van der Waals surface area (Å²) in [5.74, 6) is -0.00835. The van der Waals surface area contributed by atoms with Crippen molar-refractivity contribution in [3.8, 4) is 5.69 Å². The number of hydrogen-bond acceptors (Lipinski definition) is 4. The quantitative estimate of drug-likeness (QED) is 0.799. The van der Waals surface area contributed by atoms with Crippen LogP contribution in [0, 0.1) is 12.7 Å². The lowest BCUT2D eigenvalue weighted by Crippen LogP contribution is -2.26. The van der Waals surface area contributed by atoms with Gasteiger partial charge < -0.3 is 5.73 Å². The first kappa shape index (κ1) is 14.3. The van der Waals surface area contributed by atoms with E-state index in [1.165, 1.54) is 16.8 Å². The SMILES string of the molecule is Cc1cccc2nc(CCN)n(-c3cncc(F)c3)c(=O)c12. The molecular formula is C16H15FN4O. The molecule has 2 N–H and O–H groups in total. The summed E-state index contributed by atoms with van der Waals surface area (Å²) in [6.07, 6.45) is 2.95. The number of nitrogens with zero attached hydrogens (tertiary/aromatic N) is 3. The third-order valence-corrected chi connectivity index (χ3v) is 3.49. The molecule has 112 valence electrons. The average Bonchev–Trinajstić information content (AvgIpc) is 2.47. The maximum absolute atomic E-state index is 13.5. The molecule has 0 aliphatic carbocycles. The molecule has 0 radical (unpaired) electrons. The molecule has 3 rings (SSSR count). The van der Waals surface area contributed by atoms with E-state index in [2.05, 4.69) is 9.97 Å². The van der Waals surface area contributed by atoms with Gasteiger partial charge in [-0.25, -0.2) is 9.37 Å². The Morgan fingerprint density at radius 1 is 1.32 bits per heavy atom. The predicted octanol–water partition coefficient (Wildman–Crippen LogP) is 1.73. The van der Waals surface area contributed by atoms with Crippen molar-refractivity contribution in [2.24, 2.45) is 5.73 Å². The molecule has 2 aromatic heterocycles. The van der Waals surface area contributed by atoms with E-state index in [9.17, 15) is 9.18 Å². The zero-order valence-electron chi connectivity index (χ0n) is 12.1. The van der Waals surface area contributed by atoms with E-state index in [1.54, 1.807) is 6.07 Å². The van der Waals surface area contributed by atoms with E-state index in [1.807, 2.05) is 19.1 Å². The molecule has 0 saturated carbocycles. The summed E-state index contributed by atoms with van der Waals surface area (Å²) in [5, 5.41) is 0.521. The van der Waals surface area contributed by atoms with Crippen molar-refractivity contribution in [1.29, 1.82) is 0 Å². The highest BCUT2D eigenvalue weighted by atomic mass is 19.1. The maximum atomic E-state index is 13.5. The molecule has 6 heteroatoms. The molecule has 5 nitrogen and oxygen atoms in total. The molecule has 0 aliphatic heterocycles. The summed E-state index contributed by atoms with van der Waals surface area (Å²) in [5.41, 5.74) is 7.18. The predicted molar refractivity (Wildman–Crippen MR) is 82.6 cm³/mol. The summed E-state index contributed by atoms with van der Waals surface area (Å²) in [4.78, 5) is 21.2. The van der Waals surface area contributed by atoms with Crippen molar-refractivity contribution in [3.05, 3.63) is 64.2 Å². The molecule has 0 atom stereocenters. The number of halogens is 1. The Bertz CT molecular complexity index is 904. The summed E-state index contributed by atoms with van der Waals surface area (Å²) < 4.78 is 14.9. The summed E-state index contributed by atoms with van der Waals surface area (Å²) >= 11 is 0. The van der Waals surface area contributed by atoms with Gasteiger partial charge in [-0.05, 0) is 25.1 Å². The minimum Gasteiger partial charge on any atom is -0.330 e. The van der Waals surface area contributed by atoms with Gasteiger partial charge in [-0.3, -0.25) is 14.3 Å². The minimum absolute atomic E-state index is 0.237. The van der Waals surface area contributed by atoms with Crippen LogP contribution in [0.25, 0.3) is 16.6 Å². The highest BCUT2D eigenvalue weighted by Crippen LogP contribution is 2.16. The van der Waals surface area contributed by atoms with Gasteiger partial charge in [-0.1, -0.05) is 12.1 Å². The summed E-state index contributed by atoms with van der Waals surface area (Å²) in [7, 11) is 0. The number of fused-ring (bicyclic) bond motifs is 1. The molecule has 0 spiro atoms. The van der Waals surface area contributed by atoms with Crippen LogP contribution in [0.3, 0.4) is 0 Å². The Morgan fingerprint density at radius 2 is 2.14 bits per heavy atom. The number of nitrogens with two attached hydrogens (primary N) is 1. The van der Waals surface area contributed by atoms with Crippen molar-refractivity contribution in [3.63, 3.8) is 0 Å². The van der Waals surface area contributed by atoms with Crippen LogP contribution >= 0.6 is 0 Å². The van der Waals surface area contributed by atoms with Gasteiger partial charge in [0.15, 0.2) is 0 Å². The number of hydrogen-bond donors (Lipinski definition) is 1. The summed E-state index contributed by atoms with van der Waals surface area (Å²) in [6, 6.07) is 6.75. The first-order chi connectivity index (χ1) is 10.6. The smallest absolute Gasteiger partial charge is 0.266 e. The maximum Gasteiger partial charge on any atom is 0.266 e. The molecule has 3 aromatic rings. The van der Waals surface area contributed by atoms with Crippen molar-refractivity contribution in [2.75, 3.05) is 6.54 Å². The Kier molecular flexibility index (Phi) is 3.68. The van der Waals surface area contributed by atoms with Crippen molar-refractivity contribution < 1.29 is 4.39 Å². The molecule has 22 heavy (non-hydrogen) atoms. The molecule has 0 aliphatic rings. The van der Waals surface area contributed by atoms with Crippen molar-refractivity contribution in [1.82, 2.24) is 14.5 Å². The van der Waals surface area contributed by atoms with Gasteiger partial charge in [0.05, 0.1) is 29.0 Å². The summed E-state index contributed by atoms with van der Waals surface area (Å²) in [6.45, 7) is 2.19. The highest BCUT2D eigenvalue weighted by molar-refractivity contribution is 5.81. The second-order valence-corrected chi connectivity index (χ2v) is 5.04. The molecule has 0 amide bonds. The number of benzene rings is 1. The normalized spacial score (nSPS) is 11.0. The van der Waals surface area contributed by atoms with Gasteiger partial charge in [-0.2, -0.15) is 0 Å². The average molecular weight is 298 g/mol. The number of aromatic nitrogens is 3. The lowest BCUT2D eigenvalue weighted by Gasteiger charge is -2.13. The Hall–Kier alpha value is -2.60. The zero-order chi connectivity index (χ0) is 15.7. The van der Waals surface area contributed by atoms with E-state index >= 15 is 0 Å². The van der Waals surface area contributed by atoms with Crippen molar-refractivity contribution >= 4 is 10.9 Å². The third-order valence-electron chi connectivity index (χ3n) is 3.49. The second kappa shape index (κ2) is 5.65. The highest BCUT2D eigenvalue weighted by Gasteiger charge is 2.14. The number of aryl methyl sites for hydroxylation is 1. The van der Waals surface area contributed by atoms with Crippen LogP contribution in [0.2, 0.25) is 0 Å². The monoisotopic (exact) mass is 298 g/mol. The number of pyridine rings is 1. The molecule has 0 fully saturated rings. The minimum atomic E-state index is -0.507. The van der Waals surface area contributed by atoms with E-state index in [4.69, 9.17) is 5.73 Å². The van der Waals surface area contributed by atoms with Gasteiger partial charge in [0.25, 0.3) is 5.56 Å². The van der Waals surface area contributed by atoms with Crippen LogP contribution in [0.15, 0.2) is 41.5 Å². The largest absolute Gasteiger partial charge is 0.330 e. The van der Waals surface area contributed by atoms with Crippen LogP contribution in [-0.2, 0) is 6.42 Å². The van der Waals surface area contributed by atoms with Gasteiger partial charge in [0, 0.05) is 12.5 Å². The third kappa shape index (κ3) is 2.37. The fourth-order valence-corrected chi connectivity index (χ4v) is 2.53. The Balaban J connectivity index is 2.41. The first-order valence-electron chi connectivity index (χ1n) is 6.94. The number of rotatable bonds is 3. The molecule has 0 bridgehead atoms. The molecular weight excluding hydrogens is 283 g/mol.